The number of rotatable bonds is 3. The summed E-state index contributed by atoms with van der Waals surface area (Å²) < 4.78 is 6.60. The molecule has 0 aliphatic heterocycles. The molecule has 1 aromatic carbocycles. The summed E-state index contributed by atoms with van der Waals surface area (Å²) in [7, 11) is 0. The van der Waals surface area contributed by atoms with Crippen LogP contribution < -0.4 is 5.32 Å². The van der Waals surface area contributed by atoms with E-state index in [1.807, 2.05) is 25.1 Å². The number of nitrogens with one attached hydrogen (secondary N) is 1. The minimum absolute atomic E-state index is 0.698. The summed E-state index contributed by atoms with van der Waals surface area (Å²) in [5.74, 6) is 0.698. The van der Waals surface area contributed by atoms with Crippen LogP contribution in [0.2, 0.25) is 0 Å². The van der Waals surface area contributed by atoms with Crippen molar-refractivity contribution in [2.75, 3.05) is 5.32 Å². The maximum Gasteiger partial charge on any atom is 0.192 e. The second-order valence-electron chi connectivity index (χ2n) is 3.97. The van der Waals surface area contributed by atoms with E-state index in [1.165, 1.54) is 4.88 Å². The molecule has 0 saturated carbocycles. The fourth-order valence-electron chi connectivity index (χ4n) is 1.79. The first-order valence-corrected chi connectivity index (χ1v) is 7.17. The molecular weight excluding hydrogens is 312 g/mol. The van der Waals surface area contributed by atoms with Gasteiger partial charge >= 0.3 is 0 Å². The Morgan fingerprint density at radius 2 is 2.22 bits per heavy atom. The van der Waals surface area contributed by atoms with Crippen LogP contribution >= 0.6 is 27.3 Å². The van der Waals surface area contributed by atoms with Crippen LogP contribution in [-0.2, 0) is 6.54 Å². The summed E-state index contributed by atoms with van der Waals surface area (Å²) in [6.45, 7) is 2.68. The van der Waals surface area contributed by atoms with E-state index in [2.05, 4.69) is 38.4 Å². The summed E-state index contributed by atoms with van der Waals surface area (Å²) in [4.78, 5) is 5.61. The Labute approximate surface area is 117 Å². The molecular formula is C13H11BrN2OS. The van der Waals surface area contributed by atoms with Crippen LogP contribution in [0.15, 0.2) is 38.5 Å². The van der Waals surface area contributed by atoms with Gasteiger partial charge < -0.3 is 9.73 Å². The third-order valence-corrected chi connectivity index (χ3v) is 4.21. The molecule has 3 aromatic rings. The van der Waals surface area contributed by atoms with Gasteiger partial charge in [0.1, 0.15) is 5.52 Å². The van der Waals surface area contributed by atoms with Crippen molar-refractivity contribution in [1.29, 1.82) is 0 Å². The van der Waals surface area contributed by atoms with Crippen LogP contribution in [-0.4, -0.2) is 4.98 Å². The molecule has 0 fully saturated rings. The number of nitrogens with zero attached hydrogens (tertiary/aromatic N) is 1. The molecule has 0 atom stereocenters. The minimum atomic E-state index is 0.698. The maximum absolute atomic E-state index is 5.45. The molecule has 0 unspecified atom stereocenters. The summed E-state index contributed by atoms with van der Waals surface area (Å²) in [6.07, 6.45) is 0. The van der Waals surface area contributed by atoms with Crippen molar-refractivity contribution in [3.63, 3.8) is 0 Å². The smallest absolute Gasteiger partial charge is 0.192 e. The number of halogens is 1. The summed E-state index contributed by atoms with van der Waals surface area (Å²) >= 11 is 5.20. The molecule has 0 bridgehead atoms. The zero-order valence-electron chi connectivity index (χ0n) is 9.74. The highest BCUT2D eigenvalue weighted by molar-refractivity contribution is 9.11. The fraction of sp³-hybridized carbons (Fsp3) is 0.154. The standard InChI is InChI=1S/C13H11BrN2OS/c1-8-16-11-6-9(2-4-12(11)17-8)15-7-10-3-5-13(14)18-10/h2-6,15H,7H2,1H3. The highest BCUT2D eigenvalue weighted by Gasteiger charge is 2.03. The molecule has 0 amide bonds. The maximum atomic E-state index is 5.45. The van der Waals surface area contributed by atoms with Gasteiger partial charge in [-0.2, -0.15) is 0 Å². The van der Waals surface area contributed by atoms with Gasteiger partial charge in [-0.1, -0.05) is 0 Å². The van der Waals surface area contributed by atoms with Gasteiger partial charge in [-0.3, -0.25) is 0 Å². The summed E-state index contributed by atoms with van der Waals surface area (Å²) in [5.41, 5.74) is 2.78. The Morgan fingerprint density at radius 3 is 3.00 bits per heavy atom. The van der Waals surface area contributed by atoms with E-state index in [0.717, 1.165) is 27.1 Å². The zero-order valence-corrected chi connectivity index (χ0v) is 12.1. The predicted molar refractivity (Wildman–Crippen MR) is 78.1 cm³/mol. The number of benzene rings is 1. The van der Waals surface area contributed by atoms with Crippen LogP contribution in [0.3, 0.4) is 0 Å². The Bertz CT molecular complexity index is 689. The van der Waals surface area contributed by atoms with E-state index in [9.17, 15) is 0 Å². The van der Waals surface area contributed by atoms with E-state index in [0.29, 0.717) is 5.89 Å². The Kier molecular flexibility index (Phi) is 3.09. The Balaban J connectivity index is 1.78. The third kappa shape index (κ3) is 2.42. The molecule has 18 heavy (non-hydrogen) atoms. The van der Waals surface area contributed by atoms with Gasteiger partial charge in [0.25, 0.3) is 0 Å². The molecule has 0 radical (unpaired) electrons. The van der Waals surface area contributed by atoms with Crippen LogP contribution in [0.1, 0.15) is 10.8 Å². The highest BCUT2D eigenvalue weighted by Crippen LogP contribution is 2.24. The SMILES string of the molecule is Cc1nc2cc(NCc3ccc(Br)s3)ccc2o1. The monoisotopic (exact) mass is 322 g/mol. The van der Waals surface area contributed by atoms with E-state index < -0.39 is 0 Å². The van der Waals surface area contributed by atoms with Crippen molar-refractivity contribution >= 4 is 44.1 Å². The number of aryl methyl sites for hydroxylation is 1. The molecule has 92 valence electrons. The number of hydrogen-bond acceptors (Lipinski definition) is 4. The van der Waals surface area contributed by atoms with Crippen LogP contribution in [0, 0.1) is 6.92 Å². The number of hydrogen-bond donors (Lipinski definition) is 1. The predicted octanol–water partition coefficient (Wildman–Crippen LogP) is 4.57. The number of thiophene rings is 1. The van der Waals surface area contributed by atoms with Crippen LogP contribution in [0.5, 0.6) is 0 Å². The minimum Gasteiger partial charge on any atom is -0.441 e. The molecule has 3 rings (SSSR count). The molecule has 5 heteroatoms. The van der Waals surface area contributed by atoms with Crippen molar-refractivity contribution < 1.29 is 4.42 Å². The van der Waals surface area contributed by atoms with Crippen LogP contribution in [0.25, 0.3) is 11.1 Å². The quantitative estimate of drug-likeness (QED) is 0.767. The first-order valence-electron chi connectivity index (χ1n) is 5.56. The number of aromatic nitrogens is 1. The fourth-order valence-corrected chi connectivity index (χ4v) is 3.21. The van der Waals surface area contributed by atoms with Crippen molar-refractivity contribution in [2.24, 2.45) is 0 Å². The van der Waals surface area contributed by atoms with E-state index in [4.69, 9.17) is 4.42 Å². The Morgan fingerprint density at radius 1 is 1.33 bits per heavy atom. The van der Waals surface area contributed by atoms with Crippen LogP contribution in [0.4, 0.5) is 5.69 Å². The average molecular weight is 323 g/mol. The van der Waals surface area contributed by atoms with Gasteiger partial charge in [-0.15, -0.1) is 11.3 Å². The number of fused-ring (bicyclic) bond motifs is 1. The lowest BCUT2D eigenvalue weighted by Gasteiger charge is -2.03. The van der Waals surface area contributed by atoms with E-state index in [1.54, 1.807) is 11.3 Å². The Hall–Kier alpha value is -1.33. The molecule has 3 nitrogen and oxygen atoms in total. The average Bonchev–Trinajstić information content (AvgIpc) is 2.90. The van der Waals surface area contributed by atoms with Gasteiger partial charge in [0, 0.05) is 24.0 Å². The van der Waals surface area contributed by atoms with E-state index in [-0.39, 0.29) is 0 Å². The van der Waals surface area contributed by atoms with Crippen molar-refractivity contribution in [3.8, 4) is 0 Å². The van der Waals surface area contributed by atoms with Gasteiger partial charge in [0.05, 0.1) is 3.79 Å². The number of anilines is 1. The molecule has 1 N–H and O–H groups in total. The van der Waals surface area contributed by atoms with Gasteiger partial charge in [-0.25, -0.2) is 4.98 Å². The van der Waals surface area contributed by atoms with Gasteiger partial charge in [0.2, 0.25) is 0 Å². The van der Waals surface area contributed by atoms with E-state index >= 15 is 0 Å². The summed E-state index contributed by atoms with van der Waals surface area (Å²) in [5, 5.41) is 3.38. The second kappa shape index (κ2) is 4.74. The lowest BCUT2D eigenvalue weighted by molar-refractivity contribution is 0.561. The molecule has 0 aliphatic carbocycles. The highest BCUT2D eigenvalue weighted by atomic mass is 79.9. The molecule has 0 aliphatic rings. The lowest BCUT2D eigenvalue weighted by Crippen LogP contribution is -1.96. The molecule has 0 spiro atoms. The lowest BCUT2D eigenvalue weighted by atomic mass is 10.3. The molecule has 2 aromatic heterocycles. The first-order chi connectivity index (χ1) is 8.70. The summed E-state index contributed by atoms with van der Waals surface area (Å²) in [6, 6.07) is 10.1. The third-order valence-electron chi connectivity index (χ3n) is 2.59. The molecule has 2 heterocycles. The molecule has 0 saturated heterocycles. The normalized spacial score (nSPS) is 11.0. The topological polar surface area (TPSA) is 38.1 Å². The first kappa shape index (κ1) is 11.7. The van der Waals surface area contributed by atoms with Crippen molar-refractivity contribution in [1.82, 2.24) is 4.98 Å². The van der Waals surface area contributed by atoms with Crippen molar-refractivity contribution in [3.05, 3.63) is 44.9 Å². The van der Waals surface area contributed by atoms with Gasteiger partial charge in [-0.05, 0) is 46.3 Å². The van der Waals surface area contributed by atoms with Gasteiger partial charge in [0.15, 0.2) is 11.5 Å². The largest absolute Gasteiger partial charge is 0.441 e. The van der Waals surface area contributed by atoms with Crippen molar-refractivity contribution in [2.45, 2.75) is 13.5 Å². The zero-order chi connectivity index (χ0) is 12.5. The number of oxazole rings is 1. The second-order valence-corrected chi connectivity index (χ2v) is 6.52.